The van der Waals surface area contributed by atoms with Crippen molar-refractivity contribution in [3.63, 3.8) is 0 Å². The number of hydrogen-bond acceptors (Lipinski definition) is 6. The molecule has 0 saturated carbocycles. The molecule has 0 heterocycles. The van der Waals surface area contributed by atoms with E-state index >= 15 is 0 Å². The minimum absolute atomic E-state index is 0.0877. The molecule has 1 unspecified atom stereocenters. The molecule has 0 spiro atoms. The average Bonchev–Trinajstić information content (AvgIpc) is 2.21. The van der Waals surface area contributed by atoms with Crippen molar-refractivity contribution in [1.29, 1.82) is 0 Å². The van der Waals surface area contributed by atoms with Crippen LogP contribution in [0.3, 0.4) is 0 Å². The summed E-state index contributed by atoms with van der Waals surface area (Å²) in [5.74, 6) is -1.23. The highest BCUT2D eigenvalue weighted by atomic mass is 16.6. The second kappa shape index (κ2) is 8.11. The summed E-state index contributed by atoms with van der Waals surface area (Å²) in [6.45, 7) is 6.66. The lowest BCUT2D eigenvalue weighted by Gasteiger charge is -2.21. The lowest BCUT2D eigenvalue weighted by molar-refractivity contribution is -0.145. The molecule has 0 aromatic heterocycles. The molecular formula is C14H26N2O5. The van der Waals surface area contributed by atoms with Crippen LogP contribution in [0, 0.1) is 0 Å². The second-order valence-corrected chi connectivity index (χ2v) is 6.18. The third-order valence-corrected chi connectivity index (χ3v) is 2.38. The molecular weight excluding hydrogens is 276 g/mol. The van der Waals surface area contributed by atoms with Gasteiger partial charge in [-0.25, -0.2) is 4.79 Å². The van der Waals surface area contributed by atoms with E-state index in [2.05, 4.69) is 5.32 Å². The van der Waals surface area contributed by atoms with Gasteiger partial charge >= 0.3 is 5.97 Å². The van der Waals surface area contributed by atoms with Crippen LogP contribution in [-0.4, -0.2) is 46.1 Å². The van der Waals surface area contributed by atoms with Gasteiger partial charge in [-0.3, -0.25) is 10.5 Å². The number of rotatable bonds is 8. The molecule has 0 aliphatic heterocycles. The van der Waals surface area contributed by atoms with Crippen molar-refractivity contribution in [3.05, 3.63) is 12.2 Å². The number of esters is 1. The lowest BCUT2D eigenvalue weighted by Crippen LogP contribution is -2.35. The Labute approximate surface area is 125 Å². The molecule has 5 N–H and O–H groups in total. The number of hydrogen-bond donors (Lipinski definition) is 4. The van der Waals surface area contributed by atoms with Crippen molar-refractivity contribution in [3.8, 4) is 0 Å². The molecule has 0 saturated heterocycles. The van der Waals surface area contributed by atoms with E-state index in [-0.39, 0.29) is 6.42 Å². The van der Waals surface area contributed by atoms with Gasteiger partial charge in [0.1, 0.15) is 0 Å². The van der Waals surface area contributed by atoms with E-state index < -0.39 is 29.3 Å². The fourth-order valence-electron chi connectivity index (χ4n) is 1.42. The monoisotopic (exact) mass is 302 g/mol. The van der Waals surface area contributed by atoms with Gasteiger partial charge in [-0.05, 0) is 34.1 Å². The average molecular weight is 302 g/mol. The van der Waals surface area contributed by atoms with E-state index in [9.17, 15) is 19.8 Å². The normalized spacial score (nSPS) is 14.0. The van der Waals surface area contributed by atoms with Crippen molar-refractivity contribution in [2.45, 2.75) is 58.0 Å². The molecule has 1 atom stereocenters. The van der Waals surface area contributed by atoms with Gasteiger partial charge in [-0.15, -0.1) is 0 Å². The Balaban J connectivity index is 4.06. The zero-order chi connectivity index (χ0) is 16.7. The third-order valence-electron chi connectivity index (χ3n) is 2.38. The highest BCUT2D eigenvalue weighted by Crippen LogP contribution is 2.10. The Morgan fingerprint density at radius 2 is 1.76 bits per heavy atom. The summed E-state index contributed by atoms with van der Waals surface area (Å²) in [6, 6.07) is 0. The van der Waals surface area contributed by atoms with Crippen molar-refractivity contribution in [1.82, 2.24) is 5.32 Å². The maximum absolute atomic E-state index is 11.4. The molecule has 0 aromatic carbocycles. The fraction of sp³-hybridized carbons (Fsp3) is 0.714. The molecule has 0 aliphatic rings. The van der Waals surface area contributed by atoms with Crippen LogP contribution in [0.1, 0.15) is 40.5 Å². The van der Waals surface area contributed by atoms with Gasteiger partial charge in [0.05, 0.1) is 11.2 Å². The SMILES string of the molecule is CC(C)(O)CCNC(=O)/C=C/C(=O)OC(N)CC(C)(C)O. The van der Waals surface area contributed by atoms with Crippen LogP contribution < -0.4 is 11.1 Å². The first-order valence-electron chi connectivity index (χ1n) is 6.76. The molecule has 0 fully saturated rings. The van der Waals surface area contributed by atoms with E-state index in [4.69, 9.17) is 10.5 Å². The summed E-state index contributed by atoms with van der Waals surface area (Å²) in [5, 5.41) is 21.5. The van der Waals surface area contributed by atoms with E-state index in [0.29, 0.717) is 13.0 Å². The number of ether oxygens (including phenoxy) is 1. The van der Waals surface area contributed by atoms with Crippen LogP contribution in [0.4, 0.5) is 0 Å². The molecule has 0 aromatic rings. The second-order valence-electron chi connectivity index (χ2n) is 6.18. The summed E-state index contributed by atoms with van der Waals surface area (Å²) in [5.41, 5.74) is 3.62. The van der Waals surface area contributed by atoms with Crippen molar-refractivity contribution >= 4 is 11.9 Å². The van der Waals surface area contributed by atoms with E-state index in [1.165, 1.54) is 0 Å². The highest BCUT2D eigenvalue weighted by Gasteiger charge is 2.19. The summed E-state index contributed by atoms with van der Waals surface area (Å²) < 4.78 is 4.81. The van der Waals surface area contributed by atoms with Crippen LogP contribution in [-0.2, 0) is 14.3 Å². The minimum atomic E-state index is -1.04. The Morgan fingerprint density at radius 3 is 2.24 bits per heavy atom. The van der Waals surface area contributed by atoms with Crippen molar-refractivity contribution < 1.29 is 24.5 Å². The largest absolute Gasteiger partial charge is 0.444 e. The Hall–Kier alpha value is -1.44. The van der Waals surface area contributed by atoms with Gasteiger partial charge in [0.25, 0.3) is 0 Å². The zero-order valence-electron chi connectivity index (χ0n) is 13.0. The predicted molar refractivity (Wildman–Crippen MR) is 78.0 cm³/mol. The zero-order valence-corrected chi connectivity index (χ0v) is 13.0. The Kier molecular flexibility index (Phi) is 7.56. The molecule has 7 heteroatoms. The number of amides is 1. The van der Waals surface area contributed by atoms with E-state index in [1.54, 1.807) is 27.7 Å². The van der Waals surface area contributed by atoms with Gasteiger partial charge in [-0.2, -0.15) is 0 Å². The maximum Gasteiger partial charge on any atom is 0.332 e. The van der Waals surface area contributed by atoms with Crippen LogP contribution >= 0.6 is 0 Å². The van der Waals surface area contributed by atoms with Crippen molar-refractivity contribution in [2.75, 3.05) is 6.54 Å². The van der Waals surface area contributed by atoms with Crippen LogP contribution in [0.5, 0.6) is 0 Å². The third kappa shape index (κ3) is 13.3. The van der Waals surface area contributed by atoms with E-state index in [0.717, 1.165) is 12.2 Å². The molecule has 7 nitrogen and oxygen atoms in total. The molecule has 0 aliphatic carbocycles. The topological polar surface area (TPSA) is 122 Å². The standard InChI is InChI=1S/C14H26N2O5/c1-13(2,19)7-8-16-11(17)5-6-12(18)21-10(15)9-14(3,4)20/h5-6,10,19-20H,7-9,15H2,1-4H3,(H,16,17)/b6-5+. The Bertz CT molecular complexity index is 380. The van der Waals surface area contributed by atoms with Gasteiger partial charge < -0.3 is 20.3 Å². The molecule has 0 radical (unpaired) electrons. The van der Waals surface area contributed by atoms with Gasteiger partial charge in [0, 0.05) is 25.1 Å². The summed E-state index contributed by atoms with van der Waals surface area (Å²) in [7, 11) is 0. The van der Waals surface area contributed by atoms with Gasteiger partial charge in [-0.1, -0.05) is 0 Å². The molecule has 0 rings (SSSR count). The smallest absolute Gasteiger partial charge is 0.332 e. The molecule has 1 amide bonds. The number of nitrogens with one attached hydrogen (secondary N) is 1. The summed E-state index contributed by atoms with van der Waals surface area (Å²) in [4.78, 5) is 22.8. The number of nitrogens with two attached hydrogens (primary N) is 1. The highest BCUT2D eigenvalue weighted by molar-refractivity contribution is 5.94. The van der Waals surface area contributed by atoms with Gasteiger partial charge in [0.15, 0.2) is 6.23 Å². The number of carbonyl (C=O) groups excluding carboxylic acids is 2. The maximum atomic E-state index is 11.4. The minimum Gasteiger partial charge on any atom is -0.444 e. The first-order valence-corrected chi connectivity index (χ1v) is 6.76. The fourth-order valence-corrected chi connectivity index (χ4v) is 1.42. The first-order chi connectivity index (χ1) is 9.39. The quantitative estimate of drug-likeness (QED) is 0.280. The first kappa shape index (κ1) is 19.6. The van der Waals surface area contributed by atoms with Crippen LogP contribution in [0.25, 0.3) is 0 Å². The summed E-state index contributed by atoms with van der Waals surface area (Å²) >= 11 is 0. The van der Waals surface area contributed by atoms with Crippen LogP contribution in [0.15, 0.2) is 12.2 Å². The van der Waals surface area contributed by atoms with Gasteiger partial charge in [0.2, 0.25) is 5.91 Å². The number of carbonyl (C=O) groups is 2. The Morgan fingerprint density at radius 1 is 1.19 bits per heavy atom. The van der Waals surface area contributed by atoms with Crippen LogP contribution in [0.2, 0.25) is 0 Å². The molecule has 122 valence electrons. The predicted octanol–water partition coefficient (Wildman–Crippen LogP) is -0.191. The van der Waals surface area contributed by atoms with E-state index in [1.807, 2.05) is 0 Å². The molecule has 0 bridgehead atoms. The number of aliphatic hydroxyl groups is 2. The molecule has 21 heavy (non-hydrogen) atoms. The van der Waals surface area contributed by atoms with Crippen molar-refractivity contribution in [2.24, 2.45) is 5.73 Å². The summed E-state index contributed by atoms with van der Waals surface area (Å²) in [6.07, 6.45) is 1.53. The lowest BCUT2D eigenvalue weighted by atomic mass is 10.1.